The van der Waals surface area contributed by atoms with Crippen LogP contribution < -0.4 is 15.7 Å². The van der Waals surface area contributed by atoms with Crippen molar-refractivity contribution in [2.24, 2.45) is 0 Å². The molecule has 6 heteroatoms. The van der Waals surface area contributed by atoms with Gasteiger partial charge in [0.05, 0.1) is 0 Å². The van der Waals surface area contributed by atoms with E-state index < -0.39 is 0 Å². The lowest BCUT2D eigenvalue weighted by molar-refractivity contribution is -0.123. The van der Waals surface area contributed by atoms with Crippen LogP contribution in [0.2, 0.25) is 0 Å². The molecule has 0 aliphatic rings. The Morgan fingerprint density at radius 2 is 2.07 bits per heavy atom. The highest BCUT2D eigenvalue weighted by atomic mass is 16.5. The smallest absolute Gasteiger partial charge is 0.336 e. The first-order chi connectivity index (χ1) is 13.6. The normalized spacial score (nSPS) is 10.8. The molecule has 0 saturated carbocycles. The van der Waals surface area contributed by atoms with Gasteiger partial charge in [-0.15, -0.1) is 0 Å². The molecule has 28 heavy (non-hydrogen) atoms. The van der Waals surface area contributed by atoms with Gasteiger partial charge in [0, 0.05) is 41.9 Å². The van der Waals surface area contributed by atoms with Crippen molar-refractivity contribution in [3.05, 3.63) is 69.8 Å². The fraction of sp³-hybridized carbons (Fsp3) is 0.318. The number of nitrogens with one attached hydrogen (secondary N) is 1. The Bertz CT molecular complexity index is 1010. The molecule has 0 unspecified atom stereocenters. The lowest BCUT2D eigenvalue weighted by atomic mass is 10.0. The summed E-state index contributed by atoms with van der Waals surface area (Å²) in [6.07, 6.45) is 4.13. The average Bonchev–Trinajstić information content (AvgIpc) is 2.69. The summed E-state index contributed by atoms with van der Waals surface area (Å²) in [6, 6.07) is 10.9. The summed E-state index contributed by atoms with van der Waals surface area (Å²) in [6.45, 7) is 4.28. The quantitative estimate of drug-likeness (QED) is 0.607. The molecule has 0 fully saturated rings. The molecule has 0 bridgehead atoms. The van der Waals surface area contributed by atoms with Crippen molar-refractivity contribution >= 4 is 16.9 Å². The Labute approximate surface area is 163 Å². The fourth-order valence-corrected chi connectivity index (χ4v) is 3.11. The van der Waals surface area contributed by atoms with Gasteiger partial charge < -0.3 is 14.5 Å². The third-order valence-corrected chi connectivity index (χ3v) is 4.50. The number of hydrogen-bond donors (Lipinski definition) is 1. The maximum Gasteiger partial charge on any atom is 0.336 e. The van der Waals surface area contributed by atoms with Gasteiger partial charge in [0.25, 0.3) is 5.91 Å². The topological polar surface area (TPSA) is 81.4 Å². The van der Waals surface area contributed by atoms with Gasteiger partial charge in [0.1, 0.15) is 11.3 Å². The number of nitrogens with zero attached hydrogens (tertiary/aromatic N) is 1. The third kappa shape index (κ3) is 4.76. The van der Waals surface area contributed by atoms with E-state index in [9.17, 15) is 9.59 Å². The molecule has 3 rings (SSSR count). The Balaban J connectivity index is 1.63. The molecule has 1 aromatic carbocycles. The third-order valence-electron chi connectivity index (χ3n) is 4.50. The molecule has 2 heterocycles. The van der Waals surface area contributed by atoms with Crippen molar-refractivity contribution in [2.75, 3.05) is 13.2 Å². The number of amides is 1. The van der Waals surface area contributed by atoms with E-state index in [1.165, 1.54) is 0 Å². The molecule has 0 aliphatic heterocycles. The van der Waals surface area contributed by atoms with E-state index in [4.69, 9.17) is 9.15 Å². The van der Waals surface area contributed by atoms with Gasteiger partial charge in [-0.1, -0.05) is 19.4 Å². The number of aromatic nitrogens is 1. The predicted molar refractivity (Wildman–Crippen MR) is 108 cm³/mol. The van der Waals surface area contributed by atoms with Gasteiger partial charge in [-0.05, 0) is 43.2 Å². The number of carbonyl (C=O) groups is 1. The number of rotatable bonds is 8. The molecule has 0 spiro atoms. The zero-order valence-corrected chi connectivity index (χ0v) is 16.2. The first-order valence-electron chi connectivity index (χ1n) is 9.44. The number of hydrogen-bond acceptors (Lipinski definition) is 5. The maximum absolute atomic E-state index is 12.0. The number of pyridine rings is 1. The molecule has 0 radical (unpaired) electrons. The SMILES string of the molecule is CCCc1cc(=O)oc2c(C)c(OCC(=O)NCCc3ccccn3)ccc12. The highest BCUT2D eigenvalue weighted by Gasteiger charge is 2.12. The van der Waals surface area contributed by atoms with E-state index in [0.29, 0.717) is 29.9 Å². The summed E-state index contributed by atoms with van der Waals surface area (Å²) in [4.78, 5) is 28.1. The molecule has 3 aromatic rings. The predicted octanol–water partition coefficient (Wildman–Crippen LogP) is 3.19. The van der Waals surface area contributed by atoms with Gasteiger partial charge in [0.15, 0.2) is 6.61 Å². The van der Waals surface area contributed by atoms with Crippen LogP contribution >= 0.6 is 0 Å². The zero-order chi connectivity index (χ0) is 19.9. The second-order valence-electron chi connectivity index (χ2n) is 6.62. The minimum atomic E-state index is -0.372. The van der Waals surface area contributed by atoms with Crippen LogP contribution in [0.4, 0.5) is 0 Å². The number of benzene rings is 1. The van der Waals surface area contributed by atoms with Crippen LogP contribution in [0.3, 0.4) is 0 Å². The minimum Gasteiger partial charge on any atom is -0.483 e. The van der Waals surface area contributed by atoms with Crippen LogP contribution in [0, 0.1) is 6.92 Å². The molecule has 2 aromatic heterocycles. The summed E-state index contributed by atoms with van der Waals surface area (Å²) in [7, 11) is 0. The van der Waals surface area contributed by atoms with E-state index in [2.05, 4.69) is 17.2 Å². The summed E-state index contributed by atoms with van der Waals surface area (Å²) < 4.78 is 11.1. The van der Waals surface area contributed by atoms with Crippen LogP contribution in [0.15, 0.2) is 51.8 Å². The van der Waals surface area contributed by atoms with E-state index in [0.717, 1.165) is 29.5 Å². The standard InChI is InChI=1S/C22H24N2O4/c1-3-6-16-13-21(26)28-22-15(2)19(9-8-18(16)22)27-14-20(25)24-12-10-17-7-4-5-11-23-17/h4-5,7-9,11,13H,3,6,10,12,14H2,1-2H3,(H,24,25). The minimum absolute atomic E-state index is 0.104. The molecular formula is C22H24N2O4. The van der Waals surface area contributed by atoms with Crippen molar-refractivity contribution < 1.29 is 13.9 Å². The highest BCUT2D eigenvalue weighted by molar-refractivity contribution is 5.85. The van der Waals surface area contributed by atoms with Gasteiger partial charge in [-0.3, -0.25) is 9.78 Å². The average molecular weight is 380 g/mol. The van der Waals surface area contributed by atoms with Crippen LogP contribution in [0.1, 0.15) is 30.2 Å². The molecule has 146 valence electrons. The van der Waals surface area contributed by atoms with Crippen molar-refractivity contribution in [3.8, 4) is 5.75 Å². The molecular weight excluding hydrogens is 356 g/mol. The molecule has 1 amide bonds. The number of fused-ring (bicyclic) bond motifs is 1. The summed E-state index contributed by atoms with van der Waals surface area (Å²) in [5.74, 6) is 0.320. The van der Waals surface area contributed by atoms with Crippen molar-refractivity contribution in [1.82, 2.24) is 10.3 Å². The molecule has 0 atom stereocenters. The van der Waals surface area contributed by atoms with Crippen LogP contribution in [-0.4, -0.2) is 24.0 Å². The summed E-state index contributed by atoms with van der Waals surface area (Å²) in [5.41, 5.74) is 2.75. The Morgan fingerprint density at radius 3 is 2.82 bits per heavy atom. The highest BCUT2D eigenvalue weighted by Crippen LogP contribution is 2.28. The van der Waals surface area contributed by atoms with Crippen LogP contribution in [0.25, 0.3) is 11.0 Å². The van der Waals surface area contributed by atoms with Crippen molar-refractivity contribution in [1.29, 1.82) is 0 Å². The molecule has 0 aliphatic carbocycles. The molecule has 0 saturated heterocycles. The van der Waals surface area contributed by atoms with Crippen molar-refractivity contribution in [3.63, 3.8) is 0 Å². The first-order valence-corrected chi connectivity index (χ1v) is 9.44. The van der Waals surface area contributed by atoms with Crippen LogP contribution in [0.5, 0.6) is 5.75 Å². The lowest BCUT2D eigenvalue weighted by Crippen LogP contribution is -2.30. The van der Waals surface area contributed by atoms with Gasteiger partial charge in [-0.25, -0.2) is 4.79 Å². The number of aryl methyl sites for hydroxylation is 2. The van der Waals surface area contributed by atoms with Gasteiger partial charge in [0.2, 0.25) is 0 Å². The van der Waals surface area contributed by atoms with E-state index in [1.54, 1.807) is 12.3 Å². The second kappa shape index (κ2) is 9.17. The molecule has 1 N–H and O–H groups in total. The summed E-state index contributed by atoms with van der Waals surface area (Å²) in [5, 5.41) is 3.72. The lowest BCUT2D eigenvalue weighted by Gasteiger charge is -2.12. The Hall–Kier alpha value is -3.15. The largest absolute Gasteiger partial charge is 0.483 e. The Kier molecular flexibility index (Phi) is 6.42. The van der Waals surface area contributed by atoms with Crippen LogP contribution in [-0.2, 0) is 17.6 Å². The van der Waals surface area contributed by atoms with Gasteiger partial charge in [-0.2, -0.15) is 0 Å². The Morgan fingerprint density at radius 1 is 1.21 bits per heavy atom. The fourth-order valence-electron chi connectivity index (χ4n) is 3.11. The monoisotopic (exact) mass is 380 g/mol. The van der Waals surface area contributed by atoms with E-state index in [1.807, 2.05) is 37.3 Å². The number of carbonyl (C=O) groups excluding carboxylic acids is 1. The van der Waals surface area contributed by atoms with E-state index in [-0.39, 0.29) is 18.1 Å². The first kappa shape index (κ1) is 19.6. The molecule has 6 nitrogen and oxygen atoms in total. The second-order valence-corrected chi connectivity index (χ2v) is 6.62. The summed E-state index contributed by atoms with van der Waals surface area (Å²) >= 11 is 0. The van der Waals surface area contributed by atoms with E-state index >= 15 is 0 Å². The zero-order valence-electron chi connectivity index (χ0n) is 16.2. The number of ether oxygens (including phenoxy) is 1. The maximum atomic E-state index is 12.0. The van der Waals surface area contributed by atoms with Gasteiger partial charge >= 0.3 is 5.63 Å². The van der Waals surface area contributed by atoms with Crippen molar-refractivity contribution in [2.45, 2.75) is 33.1 Å².